The second-order valence-corrected chi connectivity index (χ2v) is 1.85. The van der Waals surface area contributed by atoms with Crippen LogP contribution in [0.5, 0.6) is 0 Å². The third-order valence-electron chi connectivity index (χ3n) is 1.01. The van der Waals surface area contributed by atoms with Gasteiger partial charge >= 0.3 is 0 Å². The predicted molar refractivity (Wildman–Crippen MR) is 42.7 cm³/mol. The Morgan fingerprint density at radius 1 is 1.70 bits per heavy atom. The second kappa shape index (κ2) is 4.51. The summed E-state index contributed by atoms with van der Waals surface area (Å²) in [6.07, 6.45) is 3.53. The molecular weight excluding hydrogens is 124 g/mol. The summed E-state index contributed by atoms with van der Waals surface area (Å²) in [4.78, 5) is 3.76. The van der Waals surface area contributed by atoms with Gasteiger partial charge in [0.05, 0.1) is 0 Å². The van der Waals surface area contributed by atoms with E-state index in [4.69, 9.17) is 5.26 Å². The highest BCUT2D eigenvalue weighted by molar-refractivity contribution is 5.78. The van der Waals surface area contributed by atoms with Gasteiger partial charge in [0.2, 0.25) is 0 Å². The van der Waals surface area contributed by atoms with Gasteiger partial charge in [-0.05, 0) is 19.4 Å². The smallest absolute Gasteiger partial charge is 0.133 e. The van der Waals surface area contributed by atoms with Crippen LogP contribution >= 0.6 is 0 Å². The van der Waals surface area contributed by atoms with Gasteiger partial charge in [-0.1, -0.05) is 12.7 Å². The van der Waals surface area contributed by atoms with Crippen molar-refractivity contribution < 1.29 is 0 Å². The summed E-state index contributed by atoms with van der Waals surface area (Å²) in [6, 6.07) is 1.82. The molecule has 0 aromatic heterocycles. The minimum atomic E-state index is 0.237. The summed E-state index contributed by atoms with van der Waals surface area (Å²) >= 11 is 0. The fraction of sp³-hybridized carbons (Fsp3) is 0.250. The van der Waals surface area contributed by atoms with E-state index in [-0.39, 0.29) is 5.70 Å². The van der Waals surface area contributed by atoms with Gasteiger partial charge in [0.15, 0.2) is 0 Å². The summed E-state index contributed by atoms with van der Waals surface area (Å²) in [7, 11) is 0. The lowest BCUT2D eigenvalue weighted by Gasteiger charge is -1.85. The summed E-state index contributed by atoms with van der Waals surface area (Å²) in [5, 5.41) is 8.24. The van der Waals surface area contributed by atoms with Crippen LogP contribution in [0.25, 0.3) is 0 Å². The fourth-order valence-corrected chi connectivity index (χ4v) is 0.283. The van der Waals surface area contributed by atoms with Crippen LogP contribution in [0, 0.1) is 11.3 Å². The molecule has 0 unspecified atom stereocenters. The molecule has 0 saturated carbocycles. The molecule has 2 nitrogen and oxygen atoms in total. The molecule has 10 heavy (non-hydrogen) atoms. The minimum Gasteiger partial charge on any atom is -0.246 e. The van der Waals surface area contributed by atoms with E-state index in [2.05, 4.69) is 11.6 Å². The number of hydrogen-bond donors (Lipinski definition) is 0. The number of allylic oxidation sites excluding steroid dienone is 3. The average molecular weight is 134 g/mol. The molecule has 0 rings (SSSR count). The molecule has 0 aromatic carbocycles. The quantitative estimate of drug-likeness (QED) is 0.420. The Bertz CT molecular complexity index is 216. The van der Waals surface area contributed by atoms with Gasteiger partial charge in [0.1, 0.15) is 11.8 Å². The number of aliphatic imine (C=N–C) groups is 1. The third-order valence-corrected chi connectivity index (χ3v) is 1.01. The predicted octanol–water partition coefficient (Wildman–Crippen LogP) is 2.06. The molecule has 0 bridgehead atoms. The molecule has 0 aliphatic rings. The molecule has 52 valence electrons. The van der Waals surface area contributed by atoms with E-state index < -0.39 is 0 Å². The van der Waals surface area contributed by atoms with Crippen LogP contribution in [0.2, 0.25) is 0 Å². The standard InChI is InChI=1S/C8H10N2/c1-4-7(2)6-10-8(3)5-9/h4,6H,3H2,1-2H3/b7-4-,10-6-. The van der Waals surface area contributed by atoms with Gasteiger partial charge in [-0.3, -0.25) is 0 Å². The van der Waals surface area contributed by atoms with E-state index in [9.17, 15) is 0 Å². The summed E-state index contributed by atoms with van der Waals surface area (Å²) < 4.78 is 0. The van der Waals surface area contributed by atoms with Crippen LogP contribution in [0.3, 0.4) is 0 Å². The van der Waals surface area contributed by atoms with Gasteiger partial charge in [-0.2, -0.15) is 5.26 Å². The lowest BCUT2D eigenvalue weighted by Crippen LogP contribution is -1.76. The Labute approximate surface area is 61.2 Å². The molecule has 0 atom stereocenters. The maximum atomic E-state index is 8.24. The zero-order chi connectivity index (χ0) is 7.98. The lowest BCUT2D eigenvalue weighted by atomic mass is 10.3. The van der Waals surface area contributed by atoms with Gasteiger partial charge in [-0.25, -0.2) is 4.99 Å². The van der Waals surface area contributed by atoms with Crippen LogP contribution in [0.15, 0.2) is 28.9 Å². The van der Waals surface area contributed by atoms with Crippen molar-refractivity contribution in [1.29, 1.82) is 5.26 Å². The molecule has 0 fully saturated rings. The molecular formula is C8H10N2. The number of nitrogens with zero attached hydrogens (tertiary/aromatic N) is 2. The van der Waals surface area contributed by atoms with Gasteiger partial charge < -0.3 is 0 Å². The van der Waals surface area contributed by atoms with Crippen molar-refractivity contribution in [3.63, 3.8) is 0 Å². The summed E-state index contributed by atoms with van der Waals surface area (Å²) in [5.41, 5.74) is 1.26. The molecule has 0 aliphatic heterocycles. The van der Waals surface area contributed by atoms with E-state index in [0.717, 1.165) is 5.57 Å². The number of hydrogen-bond acceptors (Lipinski definition) is 2. The first kappa shape index (κ1) is 8.64. The molecule has 0 spiro atoms. The van der Waals surface area contributed by atoms with E-state index in [1.807, 2.05) is 26.0 Å². The second-order valence-electron chi connectivity index (χ2n) is 1.85. The molecule has 0 radical (unpaired) electrons. The van der Waals surface area contributed by atoms with E-state index in [0.29, 0.717) is 0 Å². The highest BCUT2D eigenvalue weighted by atomic mass is 14.7. The van der Waals surface area contributed by atoms with Gasteiger partial charge in [0, 0.05) is 6.21 Å². The normalized spacial score (nSPS) is 11.5. The molecule has 0 aromatic rings. The molecule has 0 N–H and O–H groups in total. The largest absolute Gasteiger partial charge is 0.246 e. The lowest BCUT2D eigenvalue weighted by molar-refractivity contribution is 1.39. The molecule has 0 aliphatic carbocycles. The monoisotopic (exact) mass is 134 g/mol. The first-order chi connectivity index (χ1) is 4.70. The Hall–Kier alpha value is -1.36. The van der Waals surface area contributed by atoms with Crippen LogP contribution in [-0.4, -0.2) is 6.21 Å². The average Bonchev–Trinajstić information content (AvgIpc) is 1.99. The van der Waals surface area contributed by atoms with Crippen LogP contribution < -0.4 is 0 Å². The molecule has 0 saturated heterocycles. The zero-order valence-electron chi connectivity index (χ0n) is 6.26. The molecule has 0 heterocycles. The van der Waals surface area contributed by atoms with Gasteiger partial charge in [-0.15, -0.1) is 0 Å². The SMILES string of the molecule is C=C(C#N)/N=C\C(C)=C/C. The van der Waals surface area contributed by atoms with Crippen LogP contribution in [0.1, 0.15) is 13.8 Å². The maximum absolute atomic E-state index is 8.24. The van der Waals surface area contributed by atoms with Crippen molar-refractivity contribution in [3.05, 3.63) is 23.9 Å². The highest BCUT2D eigenvalue weighted by Gasteiger charge is 1.81. The van der Waals surface area contributed by atoms with Crippen molar-refractivity contribution in [2.45, 2.75) is 13.8 Å². The van der Waals surface area contributed by atoms with E-state index >= 15 is 0 Å². The zero-order valence-corrected chi connectivity index (χ0v) is 6.26. The summed E-state index contributed by atoms with van der Waals surface area (Å²) in [6.45, 7) is 7.22. The Kier molecular flexibility index (Phi) is 3.90. The van der Waals surface area contributed by atoms with Crippen molar-refractivity contribution in [2.24, 2.45) is 4.99 Å². The van der Waals surface area contributed by atoms with E-state index in [1.165, 1.54) is 0 Å². The fourth-order valence-electron chi connectivity index (χ4n) is 0.283. The van der Waals surface area contributed by atoms with Crippen molar-refractivity contribution in [1.82, 2.24) is 0 Å². The Balaban J connectivity index is 4.04. The topological polar surface area (TPSA) is 36.1 Å². The summed E-state index contributed by atoms with van der Waals surface area (Å²) in [5.74, 6) is 0. The van der Waals surface area contributed by atoms with Crippen molar-refractivity contribution in [2.75, 3.05) is 0 Å². The molecule has 0 amide bonds. The first-order valence-electron chi connectivity index (χ1n) is 2.96. The van der Waals surface area contributed by atoms with E-state index in [1.54, 1.807) is 6.21 Å². The number of nitriles is 1. The highest BCUT2D eigenvalue weighted by Crippen LogP contribution is 1.91. The van der Waals surface area contributed by atoms with Crippen LogP contribution in [-0.2, 0) is 0 Å². The van der Waals surface area contributed by atoms with Gasteiger partial charge in [0.25, 0.3) is 0 Å². The minimum absolute atomic E-state index is 0.237. The molecule has 2 heteroatoms. The van der Waals surface area contributed by atoms with Crippen molar-refractivity contribution >= 4 is 6.21 Å². The Morgan fingerprint density at radius 3 is 2.70 bits per heavy atom. The van der Waals surface area contributed by atoms with Crippen molar-refractivity contribution in [3.8, 4) is 6.07 Å². The Morgan fingerprint density at radius 2 is 2.30 bits per heavy atom. The van der Waals surface area contributed by atoms with Crippen LogP contribution in [0.4, 0.5) is 0 Å². The maximum Gasteiger partial charge on any atom is 0.133 e. The number of rotatable bonds is 2. The first-order valence-corrected chi connectivity index (χ1v) is 2.96. The third kappa shape index (κ3) is 3.62.